The maximum Gasteiger partial charge on any atom is 0.121 e. The molecule has 0 atom stereocenters. The Morgan fingerprint density at radius 3 is 3.21 bits per heavy atom. The fraction of sp³-hybridized carbons (Fsp3) is 0.364. The van der Waals surface area contributed by atoms with Crippen LogP contribution in [0.5, 0.6) is 5.75 Å². The molecule has 0 spiro atoms. The third-order valence-electron chi connectivity index (χ3n) is 2.18. The number of H-pyrrole nitrogens is 1. The molecule has 0 bridgehead atoms. The number of benzene rings is 1. The van der Waals surface area contributed by atoms with E-state index < -0.39 is 0 Å². The molecule has 2 rings (SSSR count). The van der Waals surface area contributed by atoms with Crippen molar-refractivity contribution in [3.05, 3.63) is 24.4 Å². The van der Waals surface area contributed by atoms with Crippen LogP contribution in [0, 0.1) is 0 Å². The minimum absolute atomic E-state index is 0.788. The summed E-state index contributed by atoms with van der Waals surface area (Å²) in [4.78, 5) is 0. The van der Waals surface area contributed by atoms with Gasteiger partial charge in [0.15, 0.2) is 0 Å². The summed E-state index contributed by atoms with van der Waals surface area (Å²) in [7, 11) is 0. The van der Waals surface area contributed by atoms with E-state index in [4.69, 9.17) is 4.74 Å². The van der Waals surface area contributed by atoms with Crippen molar-refractivity contribution in [1.29, 1.82) is 0 Å². The van der Waals surface area contributed by atoms with E-state index in [1.807, 2.05) is 24.4 Å². The first-order valence-corrected chi connectivity index (χ1v) is 4.96. The molecule has 3 heteroatoms. The van der Waals surface area contributed by atoms with Gasteiger partial charge in [0.1, 0.15) is 5.75 Å². The minimum Gasteiger partial charge on any atom is -0.494 e. The molecule has 0 unspecified atom stereocenters. The van der Waals surface area contributed by atoms with E-state index in [9.17, 15) is 0 Å². The largest absolute Gasteiger partial charge is 0.494 e. The van der Waals surface area contributed by atoms with Crippen molar-refractivity contribution >= 4 is 10.9 Å². The van der Waals surface area contributed by atoms with Crippen molar-refractivity contribution < 1.29 is 4.74 Å². The normalized spacial score (nSPS) is 10.6. The van der Waals surface area contributed by atoms with Crippen molar-refractivity contribution in [1.82, 2.24) is 10.2 Å². The van der Waals surface area contributed by atoms with Crippen LogP contribution in [0.3, 0.4) is 0 Å². The zero-order valence-corrected chi connectivity index (χ0v) is 8.29. The molecule has 2 aromatic rings. The van der Waals surface area contributed by atoms with E-state index >= 15 is 0 Å². The van der Waals surface area contributed by atoms with Crippen molar-refractivity contribution in [3.63, 3.8) is 0 Å². The number of nitrogens with one attached hydrogen (secondary N) is 1. The average Bonchev–Trinajstić information content (AvgIpc) is 2.65. The predicted octanol–water partition coefficient (Wildman–Crippen LogP) is 2.74. The topological polar surface area (TPSA) is 37.9 Å². The Bertz CT molecular complexity index is 408. The molecule has 3 nitrogen and oxygen atoms in total. The molecule has 74 valence electrons. The Balaban J connectivity index is 2.10. The molecule has 1 aromatic heterocycles. The molecule has 14 heavy (non-hydrogen) atoms. The number of hydrogen-bond donors (Lipinski definition) is 1. The van der Waals surface area contributed by atoms with Crippen LogP contribution in [-0.4, -0.2) is 16.8 Å². The SMILES string of the molecule is CCCCOc1ccc2cn[nH]c2c1. The Hall–Kier alpha value is -1.51. The van der Waals surface area contributed by atoms with Gasteiger partial charge < -0.3 is 4.74 Å². The highest BCUT2D eigenvalue weighted by molar-refractivity contribution is 5.79. The third kappa shape index (κ3) is 1.87. The number of unbranched alkanes of at least 4 members (excludes halogenated alkanes) is 1. The van der Waals surface area contributed by atoms with E-state index in [1.165, 1.54) is 0 Å². The van der Waals surface area contributed by atoms with Gasteiger partial charge in [0.25, 0.3) is 0 Å². The molecule has 1 aromatic carbocycles. The number of aromatic amines is 1. The maximum atomic E-state index is 5.58. The van der Waals surface area contributed by atoms with E-state index in [0.717, 1.165) is 36.1 Å². The lowest BCUT2D eigenvalue weighted by Crippen LogP contribution is -1.95. The number of aromatic nitrogens is 2. The quantitative estimate of drug-likeness (QED) is 0.753. The zero-order valence-electron chi connectivity index (χ0n) is 8.29. The van der Waals surface area contributed by atoms with E-state index in [2.05, 4.69) is 17.1 Å². The monoisotopic (exact) mass is 190 g/mol. The average molecular weight is 190 g/mol. The summed E-state index contributed by atoms with van der Waals surface area (Å²) in [6.07, 6.45) is 4.07. The van der Waals surface area contributed by atoms with Gasteiger partial charge in [0.05, 0.1) is 18.3 Å². The third-order valence-corrected chi connectivity index (χ3v) is 2.18. The van der Waals surface area contributed by atoms with E-state index in [0.29, 0.717) is 0 Å². The Morgan fingerprint density at radius 2 is 2.36 bits per heavy atom. The fourth-order valence-electron chi connectivity index (χ4n) is 1.34. The summed E-state index contributed by atoms with van der Waals surface area (Å²) in [5.74, 6) is 0.912. The van der Waals surface area contributed by atoms with Gasteiger partial charge >= 0.3 is 0 Å². The Kier molecular flexibility index (Phi) is 2.68. The van der Waals surface area contributed by atoms with Gasteiger partial charge in [0, 0.05) is 11.5 Å². The van der Waals surface area contributed by atoms with Gasteiger partial charge in [-0.25, -0.2) is 0 Å². The highest BCUT2D eigenvalue weighted by atomic mass is 16.5. The highest BCUT2D eigenvalue weighted by Crippen LogP contribution is 2.18. The summed E-state index contributed by atoms with van der Waals surface area (Å²) in [5.41, 5.74) is 1.03. The molecule has 0 saturated carbocycles. The van der Waals surface area contributed by atoms with E-state index in [-0.39, 0.29) is 0 Å². The molecule has 0 amide bonds. The molecule has 1 N–H and O–H groups in total. The summed E-state index contributed by atoms with van der Waals surface area (Å²) >= 11 is 0. The second kappa shape index (κ2) is 4.13. The molecule has 0 aliphatic heterocycles. The highest BCUT2D eigenvalue weighted by Gasteiger charge is 1.97. The molecular weight excluding hydrogens is 176 g/mol. The first kappa shape index (κ1) is 9.06. The van der Waals surface area contributed by atoms with Crippen molar-refractivity contribution in [3.8, 4) is 5.75 Å². The Morgan fingerprint density at radius 1 is 1.43 bits per heavy atom. The molecule has 1 heterocycles. The summed E-state index contributed by atoms with van der Waals surface area (Å²) in [6.45, 7) is 2.94. The predicted molar refractivity (Wildman–Crippen MR) is 56.5 cm³/mol. The van der Waals surface area contributed by atoms with Gasteiger partial charge in [-0.1, -0.05) is 13.3 Å². The number of hydrogen-bond acceptors (Lipinski definition) is 2. The molecule has 0 fully saturated rings. The second-order valence-electron chi connectivity index (χ2n) is 3.32. The molecule has 0 aliphatic rings. The summed E-state index contributed by atoms with van der Waals surface area (Å²) in [5, 5.41) is 8.00. The van der Waals surface area contributed by atoms with Gasteiger partial charge in [0.2, 0.25) is 0 Å². The maximum absolute atomic E-state index is 5.58. The number of ether oxygens (including phenoxy) is 1. The van der Waals surface area contributed by atoms with Crippen LogP contribution in [0.4, 0.5) is 0 Å². The van der Waals surface area contributed by atoms with Crippen LogP contribution >= 0.6 is 0 Å². The standard InChI is InChI=1S/C11H14N2O/c1-2-3-6-14-10-5-4-9-8-12-13-11(9)7-10/h4-5,7-8H,2-3,6H2,1H3,(H,12,13). The van der Waals surface area contributed by atoms with Crippen molar-refractivity contribution in [2.75, 3.05) is 6.61 Å². The van der Waals surface area contributed by atoms with Crippen molar-refractivity contribution in [2.24, 2.45) is 0 Å². The Labute approximate surface area is 83.1 Å². The number of fused-ring (bicyclic) bond motifs is 1. The summed E-state index contributed by atoms with van der Waals surface area (Å²) < 4.78 is 5.58. The van der Waals surface area contributed by atoms with Crippen LogP contribution in [-0.2, 0) is 0 Å². The second-order valence-corrected chi connectivity index (χ2v) is 3.32. The smallest absolute Gasteiger partial charge is 0.121 e. The molecule has 0 saturated heterocycles. The number of nitrogens with zero attached hydrogens (tertiary/aromatic N) is 1. The van der Waals surface area contributed by atoms with Crippen LogP contribution < -0.4 is 4.74 Å². The van der Waals surface area contributed by atoms with Crippen LogP contribution in [0.25, 0.3) is 10.9 Å². The van der Waals surface area contributed by atoms with E-state index in [1.54, 1.807) is 0 Å². The van der Waals surface area contributed by atoms with Crippen LogP contribution in [0.1, 0.15) is 19.8 Å². The first-order chi connectivity index (χ1) is 6.90. The van der Waals surface area contributed by atoms with Gasteiger partial charge in [-0.2, -0.15) is 5.10 Å². The van der Waals surface area contributed by atoms with Gasteiger partial charge in [-0.05, 0) is 18.6 Å². The zero-order chi connectivity index (χ0) is 9.80. The fourth-order valence-corrected chi connectivity index (χ4v) is 1.34. The lowest BCUT2D eigenvalue weighted by Gasteiger charge is -2.04. The summed E-state index contributed by atoms with van der Waals surface area (Å²) in [6, 6.07) is 5.98. The number of rotatable bonds is 4. The molecule has 0 aliphatic carbocycles. The van der Waals surface area contributed by atoms with Crippen LogP contribution in [0.15, 0.2) is 24.4 Å². The molecular formula is C11H14N2O. The minimum atomic E-state index is 0.788. The lowest BCUT2D eigenvalue weighted by molar-refractivity contribution is 0.310. The lowest BCUT2D eigenvalue weighted by atomic mass is 10.2. The van der Waals surface area contributed by atoms with Gasteiger partial charge in [-0.3, -0.25) is 5.10 Å². The van der Waals surface area contributed by atoms with Crippen LogP contribution in [0.2, 0.25) is 0 Å². The van der Waals surface area contributed by atoms with Gasteiger partial charge in [-0.15, -0.1) is 0 Å². The van der Waals surface area contributed by atoms with Crippen molar-refractivity contribution in [2.45, 2.75) is 19.8 Å². The first-order valence-electron chi connectivity index (χ1n) is 4.96. The molecule has 0 radical (unpaired) electrons.